The molecule has 2 heterocycles. The number of aromatic nitrogens is 2. The van der Waals surface area contributed by atoms with Crippen molar-refractivity contribution >= 4 is 0 Å². The average molecular weight is 286 g/mol. The Morgan fingerprint density at radius 2 is 2.40 bits per heavy atom. The molecule has 1 aliphatic heterocycles. The molecule has 20 heavy (non-hydrogen) atoms. The van der Waals surface area contributed by atoms with Crippen molar-refractivity contribution in [2.75, 3.05) is 26.2 Å². The van der Waals surface area contributed by atoms with E-state index in [-0.39, 0.29) is 0 Å². The molecule has 0 aliphatic carbocycles. The van der Waals surface area contributed by atoms with E-state index in [2.05, 4.69) is 22.1 Å². The van der Waals surface area contributed by atoms with Crippen LogP contribution in [-0.4, -0.2) is 40.6 Å². The Morgan fingerprint density at radius 3 is 3.05 bits per heavy atom. The summed E-state index contributed by atoms with van der Waals surface area (Å²) in [5, 5.41) is 3.40. The summed E-state index contributed by atoms with van der Waals surface area (Å²) in [6.45, 7) is 4.12. The molecule has 0 spiro atoms. The summed E-state index contributed by atoms with van der Waals surface area (Å²) in [5.41, 5.74) is 0. The second-order valence-corrected chi connectivity index (χ2v) is 5.48. The number of halogens is 2. The minimum atomic E-state index is -2.51. The van der Waals surface area contributed by atoms with Gasteiger partial charge in [-0.3, -0.25) is 9.47 Å². The molecule has 4 nitrogen and oxygen atoms in total. The first-order valence-electron chi connectivity index (χ1n) is 7.43. The fourth-order valence-electron chi connectivity index (χ4n) is 2.84. The van der Waals surface area contributed by atoms with Crippen molar-refractivity contribution in [3.05, 3.63) is 18.2 Å². The molecule has 1 N–H and O–H groups in total. The van der Waals surface area contributed by atoms with Crippen molar-refractivity contribution in [1.29, 1.82) is 0 Å². The van der Waals surface area contributed by atoms with Gasteiger partial charge in [-0.2, -0.15) is 8.78 Å². The van der Waals surface area contributed by atoms with Gasteiger partial charge in [0.05, 0.1) is 6.54 Å². The summed E-state index contributed by atoms with van der Waals surface area (Å²) in [6.07, 6.45) is 6.25. The molecule has 1 aromatic heterocycles. The number of nitrogens with zero attached hydrogens (tertiary/aromatic N) is 3. The van der Waals surface area contributed by atoms with Crippen LogP contribution in [0.5, 0.6) is 0 Å². The lowest BCUT2D eigenvalue weighted by Crippen LogP contribution is -2.38. The summed E-state index contributed by atoms with van der Waals surface area (Å²) in [4.78, 5) is 6.33. The molecule has 1 saturated heterocycles. The summed E-state index contributed by atoms with van der Waals surface area (Å²) in [6, 6.07) is 0. The molecule has 0 bridgehead atoms. The van der Waals surface area contributed by atoms with E-state index >= 15 is 0 Å². The molecule has 1 aliphatic rings. The maximum Gasteiger partial charge on any atom is 0.319 e. The predicted octanol–water partition coefficient (Wildman–Crippen LogP) is 2.49. The molecular weight excluding hydrogens is 262 g/mol. The van der Waals surface area contributed by atoms with Gasteiger partial charge < -0.3 is 5.32 Å². The fraction of sp³-hybridized carbons (Fsp3) is 0.786. The first kappa shape index (κ1) is 15.4. The van der Waals surface area contributed by atoms with Crippen LogP contribution in [0.4, 0.5) is 8.78 Å². The van der Waals surface area contributed by atoms with Crippen LogP contribution in [0.1, 0.15) is 38.6 Å². The van der Waals surface area contributed by atoms with Gasteiger partial charge in [0.2, 0.25) is 0 Å². The molecule has 2 rings (SSSR count). The highest BCUT2D eigenvalue weighted by Gasteiger charge is 2.19. The molecule has 114 valence electrons. The highest BCUT2D eigenvalue weighted by molar-refractivity contribution is 4.93. The predicted molar refractivity (Wildman–Crippen MR) is 74.6 cm³/mol. The van der Waals surface area contributed by atoms with E-state index in [9.17, 15) is 8.78 Å². The van der Waals surface area contributed by atoms with E-state index in [0.717, 1.165) is 37.2 Å². The Labute approximate surface area is 119 Å². The largest absolute Gasteiger partial charge is 0.319 e. The Morgan fingerprint density at radius 1 is 1.55 bits per heavy atom. The van der Waals surface area contributed by atoms with Gasteiger partial charge in [0.25, 0.3) is 0 Å². The van der Waals surface area contributed by atoms with E-state index < -0.39 is 6.55 Å². The van der Waals surface area contributed by atoms with E-state index in [1.54, 1.807) is 0 Å². The van der Waals surface area contributed by atoms with Crippen LogP contribution in [0, 0.1) is 5.92 Å². The van der Waals surface area contributed by atoms with Crippen LogP contribution in [0.2, 0.25) is 0 Å². The van der Waals surface area contributed by atoms with Crippen molar-refractivity contribution in [1.82, 2.24) is 19.8 Å². The average Bonchev–Trinajstić information content (AvgIpc) is 2.88. The van der Waals surface area contributed by atoms with Gasteiger partial charge in [-0.15, -0.1) is 0 Å². The van der Waals surface area contributed by atoms with Gasteiger partial charge in [0, 0.05) is 18.9 Å². The normalized spacial score (nSPS) is 19.9. The third-order valence-electron chi connectivity index (χ3n) is 3.78. The third kappa shape index (κ3) is 4.24. The zero-order chi connectivity index (χ0) is 14.4. The first-order chi connectivity index (χ1) is 9.70. The number of hydrogen-bond donors (Lipinski definition) is 1. The molecule has 1 aromatic rings. The lowest BCUT2D eigenvalue weighted by molar-refractivity contribution is 0.0631. The smallest absolute Gasteiger partial charge is 0.316 e. The minimum Gasteiger partial charge on any atom is -0.316 e. The van der Waals surface area contributed by atoms with E-state index in [0.29, 0.717) is 18.3 Å². The van der Waals surface area contributed by atoms with Crippen LogP contribution in [0.15, 0.2) is 12.4 Å². The first-order valence-corrected chi connectivity index (χ1v) is 7.43. The number of nitrogens with one attached hydrogen (secondary N) is 1. The van der Waals surface area contributed by atoms with Crippen molar-refractivity contribution in [2.24, 2.45) is 5.92 Å². The van der Waals surface area contributed by atoms with E-state index in [1.165, 1.54) is 25.2 Å². The summed E-state index contributed by atoms with van der Waals surface area (Å²) >= 11 is 0. The van der Waals surface area contributed by atoms with Gasteiger partial charge in [-0.1, -0.05) is 6.92 Å². The van der Waals surface area contributed by atoms with Crippen molar-refractivity contribution in [3.63, 3.8) is 0 Å². The molecule has 0 aromatic carbocycles. The Balaban J connectivity index is 1.95. The maximum atomic E-state index is 12.9. The summed E-state index contributed by atoms with van der Waals surface area (Å²) in [7, 11) is 0. The molecule has 1 fully saturated rings. The van der Waals surface area contributed by atoms with Crippen LogP contribution >= 0.6 is 0 Å². The number of imidazole rings is 1. The highest BCUT2D eigenvalue weighted by Crippen LogP contribution is 2.17. The number of hydrogen-bond acceptors (Lipinski definition) is 3. The van der Waals surface area contributed by atoms with Gasteiger partial charge >= 0.3 is 6.55 Å². The number of rotatable bonds is 7. The van der Waals surface area contributed by atoms with Crippen LogP contribution < -0.4 is 5.32 Å². The van der Waals surface area contributed by atoms with E-state index in [4.69, 9.17) is 0 Å². The molecule has 6 heteroatoms. The SMILES string of the molecule is CCCN(Cc1nccn1C(F)F)CC1CCCNC1. The Kier molecular flexibility index (Phi) is 5.91. The van der Waals surface area contributed by atoms with Crippen LogP contribution in [0.25, 0.3) is 0 Å². The van der Waals surface area contributed by atoms with E-state index in [1.807, 2.05) is 0 Å². The monoisotopic (exact) mass is 286 g/mol. The molecular formula is C14H24F2N4. The fourth-order valence-corrected chi connectivity index (χ4v) is 2.84. The standard InChI is InChI=1S/C14H24F2N4/c1-2-7-19(10-12-4-3-5-17-9-12)11-13-18-6-8-20(13)14(15)16/h6,8,12,14,17H,2-5,7,9-11H2,1H3. The number of piperidine rings is 1. The summed E-state index contributed by atoms with van der Waals surface area (Å²) < 4.78 is 26.7. The lowest BCUT2D eigenvalue weighted by atomic mass is 9.99. The molecule has 0 saturated carbocycles. The van der Waals surface area contributed by atoms with Crippen molar-refractivity contribution in [2.45, 2.75) is 39.3 Å². The van der Waals surface area contributed by atoms with Crippen molar-refractivity contribution in [3.8, 4) is 0 Å². The molecule has 0 amide bonds. The Bertz CT molecular complexity index is 388. The molecule has 0 radical (unpaired) electrons. The van der Waals surface area contributed by atoms with Gasteiger partial charge in [0.1, 0.15) is 5.82 Å². The molecule has 1 unspecified atom stereocenters. The summed E-state index contributed by atoms with van der Waals surface area (Å²) in [5.74, 6) is 1.07. The Hall–Kier alpha value is -1.01. The highest BCUT2D eigenvalue weighted by atomic mass is 19.3. The van der Waals surface area contributed by atoms with Gasteiger partial charge in [-0.25, -0.2) is 4.98 Å². The minimum absolute atomic E-state index is 0.456. The molecule has 1 atom stereocenters. The van der Waals surface area contributed by atoms with Crippen LogP contribution in [-0.2, 0) is 6.54 Å². The zero-order valence-electron chi connectivity index (χ0n) is 12.1. The zero-order valence-corrected chi connectivity index (χ0v) is 12.1. The van der Waals surface area contributed by atoms with Gasteiger partial charge in [-0.05, 0) is 44.8 Å². The maximum absolute atomic E-state index is 12.9. The second kappa shape index (κ2) is 7.69. The van der Waals surface area contributed by atoms with Crippen molar-refractivity contribution < 1.29 is 8.78 Å². The lowest BCUT2D eigenvalue weighted by Gasteiger charge is -2.29. The van der Waals surface area contributed by atoms with Crippen LogP contribution in [0.3, 0.4) is 0 Å². The van der Waals surface area contributed by atoms with Gasteiger partial charge in [0.15, 0.2) is 0 Å². The topological polar surface area (TPSA) is 33.1 Å². The quantitative estimate of drug-likeness (QED) is 0.836. The number of alkyl halides is 2. The third-order valence-corrected chi connectivity index (χ3v) is 3.78. The second-order valence-electron chi connectivity index (χ2n) is 5.48.